The predicted octanol–water partition coefficient (Wildman–Crippen LogP) is 9.95. The average molecular weight is 586 g/mol. The van der Waals surface area contributed by atoms with E-state index < -0.39 is 5.97 Å². The average Bonchev–Trinajstić information content (AvgIpc) is 3.76. The molecule has 0 saturated carbocycles. The van der Waals surface area contributed by atoms with Gasteiger partial charge in [-0.1, -0.05) is 60.7 Å². The quantitative estimate of drug-likeness (QED) is 0.161. The van der Waals surface area contributed by atoms with Crippen LogP contribution in [0.4, 0.5) is 0 Å². The summed E-state index contributed by atoms with van der Waals surface area (Å²) < 4.78 is 4.64. The fourth-order valence-electron chi connectivity index (χ4n) is 6.22. The van der Waals surface area contributed by atoms with Crippen LogP contribution in [0.2, 0.25) is 0 Å². The second-order valence-electron chi connectivity index (χ2n) is 10.6. The van der Waals surface area contributed by atoms with E-state index in [-0.39, 0.29) is 5.70 Å². The van der Waals surface area contributed by atoms with Crippen molar-refractivity contribution in [2.24, 2.45) is 0 Å². The van der Waals surface area contributed by atoms with Crippen LogP contribution in [0, 0.1) is 6.57 Å². The lowest BCUT2D eigenvalue weighted by molar-refractivity contribution is -0.132. The van der Waals surface area contributed by atoms with E-state index >= 15 is 0 Å². The molecule has 5 aromatic carbocycles. The molecule has 3 aromatic heterocycles. The largest absolute Gasteiger partial charge is 0.486 e. The molecule has 0 aliphatic rings. The van der Waals surface area contributed by atoms with Crippen LogP contribution in [0.3, 0.4) is 0 Å². The van der Waals surface area contributed by atoms with Crippen LogP contribution in [-0.4, -0.2) is 20.2 Å². The van der Waals surface area contributed by atoms with E-state index in [1.54, 1.807) is 0 Å². The number of hydrogen-bond acceptors (Lipinski definition) is 2. The normalized spacial score (nSPS) is 11.9. The van der Waals surface area contributed by atoms with Crippen molar-refractivity contribution in [1.29, 1.82) is 0 Å². The highest BCUT2D eigenvalue weighted by Crippen LogP contribution is 2.38. The molecule has 0 fully saturated rings. The molecular formula is C38H23N3O2S. The van der Waals surface area contributed by atoms with Gasteiger partial charge in [0.1, 0.15) is 0 Å². The minimum absolute atomic E-state index is 0.291. The Labute approximate surface area is 256 Å². The van der Waals surface area contributed by atoms with Gasteiger partial charge in [-0.05, 0) is 78.4 Å². The van der Waals surface area contributed by atoms with Gasteiger partial charge in [-0.25, -0.2) is 4.85 Å². The molecule has 0 spiro atoms. The Hall–Kier alpha value is -5.90. The summed E-state index contributed by atoms with van der Waals surface area (Å²) in [6, 6.07) is 44.6. The highest BCUT2D eigenvalue weighted by molar-refractivity contribution is 7.16. The number of carboxylic acids is 1. The number of thiophene rings is 1. The van der Waals surface area contributed by atoms with E-state index in [1.165, 1.54) is 39.2 Å². The molecule has 8 rings (SSSR count). The Morgan fingerprint density at radius 1 is 0.636 bits per heavy atom. The van der Waals surface area contributed by atoms with E-state index in [0.717, 1.165) is 48.5 Å². The van der Waals surface area contributed by atoms with Gasteiger partial charge in [0.2, 0.25) is 0 Å². The summed E-state index contributed by atoms with van der Waals surface area (Å²) in [5.74, 6) is -1.22. The van der Waals surface area contributed by atoms with Crippen molar-refractivity contribution >= 4 is 67.0 Å². The maximum absolute atomic E-state index is 11.3. The van der Waals surface area contributed by atoms with Crippen molar-refractivity contribution in [2.45, 2.75) is 0 Å². The van der Waals surface area contributed by atoms with Gasteiger partial charge in [-0.3, -0.25) is 4.79 Å². The standard InChI is InChI=1S/C38H23N3O2S/c1-39-32(38(42)43)23-27-19-21-37(44-27)24-14-20-36-31(22-24)30-10-4-7-13-35(30)41(36)26-17-15-25(16-18-26)40-33-11-5-2-8-28(33)29-9-3-6-12-34(29)40/h2-23H,(H,42,43). The molecule has 208 valence electrons. The lowest BCUT2D eigenvalue weighted by Gasteiger charge is -2.12. The minimum Gasteiger partial charge on any atom is -0.486 e. The fourth-order valence-corrected chi connectivity index (χ4v) is 7.16. The van der Waals surface area contributed by atoms with Gasteiger partial charge in [0, 0.05) is 42.7 Å². The number of rotatable bonds is 5. The van der Waals surface area contributed by atoms with Crippen molar-refractivity contribution in [3.8, 4) is 21.8 Å². The second-order valence-corrected chi connectivity index (χ2v) is 11.7. The minimum atomic E-state index is -1.22. The summed E-state index contributed by atoms with van der Waals surface area (Å²) in [4.78, 5) is 16.2. The number of aromatic nitrogens is 2. The van der Waals surface area contributed by atoms with Gasteiger partial charge in [0.15, 0.2) is 0 Å². The molecule has 0 saturated heterocycles. The molecule has 5 nitrogen and oxygen atoms in total. The molecule has 0 aliphatic carbocycles. The molecule has 8 aromatic rings. The smallest absolute Gasteiger partial charge is 0.333 e. The molecular weight excluding hydrogens is 563 g/mol. The van der Waals surface area contributed by atoms with Gasteiger partial charge >= 0.3 is 5.97 Å². The van der Waals surface area contributed by atoms with Crippen LogP contribution in [-0.2, 0) is 4.79 Å². The molecule has 6 heteroatoms. The summed E-state index contributed by atoms with van der Waals surface area (Å²) in [6.45, 7) is 7.14. The van der Waals surface area contributed by atoms with E-state index in [0.29, 0.717) is 0 Å². The molecule has 44 heavy (non-hydrogen) atoms. The van der Waals surface area contributed by atoms with Gasteiger partial charge in [-0.2, -0.15) is 0 Å². The maximum atomic E-state index is 11.3. The number of fused-ring (bicyclic) bond motifs is 6. The summed E-state index contributed by atoms with van der Waals surface area (Å²) in [5, 5.41) is 14.0. The Bertz CT molecular complexity index is 2430. The summed E-state index contributed by atoms with van der Waals surface area (Å²) >= 11 is 1.47. The van der Waals surface area contributed by atoms with Crippen LogP contribution in [0.25, 0.3) is 76.3 Å². The summed E-state index contributed by atoms with van der Waals surface area (Å²) in [5.41, 5.74) is 7.56. The third-order valence-corrected chi connectivity index (χ3v) is 9.23. The summed E-state index contributed by atoms with van der Waals surface area (Å²) in [6.07, 6.45) is 1.43. The molecule has 0 radical (unpaired) electrons. The van der Waals surface area contributed by atoms with Crippen LogP contribution >= 0.6 is 11.3 Å². The third kappa shape index (κ3) is 4.03. The Kier molecular flexibility index (Phi) is 5.93. The lowest BCUT2D eigenvalue weighted by Crippen LogP contribution is -1.97. The highest BCUT2D eigenvalue weighted by Gasteiger charge is 2.16. The molecule has 1 N–H and O–H groups in total. The zero-order valence-electron chi connectivity index (χ0n) is 23.3. The maximum Gasteiger partial charge on any atom is 0.333 e. The highest BCUT2D eigenvalue weighted by atomic mass is 32.1. The van der Waals surface area contributed by atoms with E-state index in [9.17, 15) is 9.90 Å². The molecule has 0 unspecified atom stereocenters. The van der Waals surface area contributed by atoms with Crippen LogP contribution < -0.4 is 0 Å². The van der Waals surface area contributed by atoms with Crippen LogP contribution in [0.5, 0.6) is 0 Å². The first-order valence-electron chi connectivity index (χ1n) is 14.2. The van der Waals surface area contributed by atoms with Crippen LogP contribution in [0.15, 0.2) is 133 Å². The number of hydrogen-bond donors (Lipinski definition) is 1. The van der Waals surface area contributed by atoms with Crippen molar-refractivity contribution in [3.63, 3.8) is 0 Å². The van der Waals surface area contributed by atoms with Gasteiger partial charge in [0.25, 0.3) is 5.70 Å². The number of para-hydroxylation sites is 3. The molecule has 0 atom stereocenters. The Morgan fingerprint density at radius 2 is 1.14 bits per heavy atom. The van der Waals surface area contributed by atoms with Crippen molar-refractivity contribution < 1.29 is 9.90 Å². The second kappa shape index (κ2) is 10.1. The molecule has 0 amide bonds. The first kappa shape index (κ1) is 25.8. The van der Waals surface area contributed by atoms with E-state index in [4.69, 9.17) is 6.57 Å². The topological polar surface area (TPSA) is 51.5 Å². The zero-order chi connectivity index (χ0) is 29.8. The van der Waals surface area contributed by atoms with E-state index in [1.807, 2.05) is 12.1 Å². The number of benzene rings is 5. The number of carbonyl (C=O) groups is 1. The number of carboxylic acid groups (broad SMARTS) is 1. The van der Waals surface area contributed by atoms with Gasteiger partial charge < -0.3 is 14.2 Å². The predicted molar refractivity (Wildman–Crippen MR) is 181 cm³/mol. The summed E-state index contributed by atoms with van der Waals surface area (Å²) in [7, 11) is 0. The van der Waals surface area contributed by atoms with Crippen LogP contribution in [0.1, 0.15) is 4.88 Å². The van der Waals surface area contributed by atoms with Gasteiger partial charge in [-0.15, -0.1) is 11.3 Å². The zero-order valence-corrected chi connectivity index (χ0v) is 24.1. The first-order valence-corrected chi connectivity index (χ1v) is 15.0. The Morgan fingerprint density at radius 3 is 1.66 bits per heavy atom. The fraction of sp³-hybridized carbons (Fsp3) is 0. The monoisotopic (exact) mass is 585 g/mol. The first-order chi connectivity index (χ1) is 21.6. The third-order valence-electron chi connectivity index (χ3n) is 8.15. The Balaban J connectivity index is 1.24. The van der Waals surface area contributed by atoms with Crippen molar-refractivity contribution in [3.05, 3.63) is 149 Å². The SMILES string of the molecule is [C-]#[N+]C(=Cc1ccc(-c2ccc3c(c2)c2ccccc2n3-c2ccc(-n3c4ccccc4c4ccccc43)cc2)s1)C(=O)O. The number of aliphatic carboxylic acids is 1. The van der Waals surface area contributed by atoms with Crippen molar-refractivity contribution in [1.82, 2.24) is 9.13 Å². The van der Waals surface area contributed by atoms with E-state index in [2.05, 4.69) is 129 Å². The lowest BCUT2D eigenvalue weighted by atomic mass is 10.1. The molecule has 3 heterocycles. The molecule has 0 aliphatic heterocycles. The van der Waals surface area contributed by atoms with Gasteiger partial charge in [0.05, 0.1) is 28.6 Å². The number of nitrogens with zero attached hydrogens (tertiary/aromatic N) is 3. The van der Waals surface area contributed by atoms with Crippen molar-refractivity contribution in [2.75, 3.05) is 0 Å². The molecule has 0 bridgehead atoms.